The molecule has 0 saturated heterocycles. The van der Waals surface area contributed by atoms with Crippen molar-refractivity contribution in [1.82, 2.24) is 9.72 Å². The Morgan fingerprint density at radius 1 is 0.947 bits per heavy atom. The smallest absolute Gasteiger partial charge is 0.489 e. The average molecular weight is 551 g/mol. The maximum absolute atomic E-state index is 12.6. The number of halogens is 3. The number of alkyl halides is 3. The van der Waals surface area contributed by atoms with Gasteiger partial charge >= 0.3 is 27.1 Å². The monoisotopic (exact) mass is 550 g/mol. The molecule has 0 radical (unpaired) electrons. The summed E-state index contributed by atoms with van der Waals surface area (Å²) in [4.78, 5) is 24.7. The van der Waals surface area contributed by atoms with Crippen LogP contribution in [0.5, 0.6) is 11.5 Å². The summed E-state index contributed by atoms with van der Waals surface area (Å²) in [6.45, 7) is 3.80. The van der Waals surface area contributed by atoms with Crippen LogP contribution in [0.4, 0.5) is 13.2 Å². The number of hydrogen-bond donors (Lipinski definition) is 1. The summed E-state index contributed by atoms with van der Waals surface area (Å²) < 4.78 is 76.2. The normalized spacial score (nSPS) is 11.9. The van der Waals surface area contributed by atoms with Crippen LogP contribution in [0.2, 0.25) is 0 Å². The summed E-state index contributed by atoms with van der Waals surface area (Å²) in [5.41, 5.74) is -1.73. The van der Waals surface area contributed by atoms with Crippen LogP contribution in [-0.2, 0) is 23.3 Å². The van der Waals surface area contributed by atoms with Gasteiger partial charge in [-0.1, -0.05) is 36.4 Å². The molecule has 0 saturated carbocycles. The van der Waals surface area contributed by atoms with E-state index in [0.29, 0.717) is 22.4 Å². The highest BCUT2D eigenvalue weighted by molar-refractivity contribution is 7.88. The van der Waals surface area contributed by atoms with Crippen molar-refractivity contribution in [3.63, 3.8) is 0 Å². The first kappa shape index (κ1) is 26.8. The summed E-state index contributed by atoms with van der Waals surface area (Å²) in [6.07, 6.45) is 0. The Morgan fingerprint density at radius 2 is 1.63 bits per heavy atom. The fourth-order valence-electron chi connectivity index (χ4n) is 3.73. The number of hydrogen-bond acceptors (Lipinski definition) is 7. The number of aryl methyl sites for hydroxylation is 1. The topological polar surface area (TPSA) is 121 Å². The number of nitrogens with zero attached hydrogens (tertiary/aromatic N) is 1. The molecule has 9 nitrogen and oxygen atoms in total. The predicted octanol–water partition coefficient (Wildman–Crippen LogP) is 4.27. The number of aromatic amines is 1. The third-order valence-corrected chi connectivity index (χ3v) is 6.67. The van der Waals surface area contributed by atoms with Crippen molar-refractivity contribution in [1.29, 1.82) is 0 Å². The van der Waals surface area contributed by atoms with E-state index < -0.39 is 32.8 Å². The molecule has 13 heteroatoms. The number of aromatic nitrogens is 2. The van der Waals surface area contributed by atoms with Gasteiger partial charge in [0.25, 0.3) is 0 Å². The summed E-state index contributed by atoms with van der Waals surface area (Å²) >= 11 is 0. The standard InChI is InChI=1S/C25H21F3N2O7S/c1-15-12-20(37-38(33,34)25(26,27)28)10-11-21(15)22-5-3-4-18(16(22)2)14-35-19-8-6-17(7-9-19)13-30-23(31)29-24(32)36-30/h3-12H,13-14H2,1-2H3,(H,29,31,32). The summed E-state index contributed by atoms with van der Waals surface area (Å²) in [6, 6.07) is 16.3. The summed E-state index contributed by atoms with van der Waals surface area (Å²) in [5, 5.41) is 0. The molecule has 0 fully saturated rings. The minimum absolute atomic E-state index is 0.0737. The molecule has 0 aliphatic heterocycles. The van der Waals surface area contributed by atoms with Gasteiger partial charge in [0, 0.05) is 0 Å². The highest BCUT2D eigenvalue weighted by atomic mass is 32.2. The summed E-state index contributed by atoms with van der Waals surface area (Å²) in [7, 11) is -5.76. The third-order valence-electron chi connectivity index (χ3n) is 5.70. The molecule has 38 heavy (non-hydrogen) atoms. The van der Waals surface area contributed by atoms with Crippen LogP contribution in [-0.4, -0.2) is 23.6 Å². The number of ether oxygens (including phenoxy) is 1. The van der Waals surface area contributed by atoms with Crippen molar-refractivity contribution in [3.8, 4) is 22.6 Å². The number of rotatable bonds is 8. The average Bonchev–Trinajstić information content (AvgIpc) is 3.15. The first-order chi connectivity index (χ1) is 17.8. The van der Waals surface area contributed by atoms with E-state index >= 15 is 0 Å². The SMILES string of the molecule is Cc1cc(OS(=O)(=O)C(F)(F)F)ccc1-c1cccc(COc2ccc(Cn3oc(=O)[nH]c3=O)cc2)c1C. The van der Waals surface area contributed by atoms with Crippen LogP contribution in [0, 0.1) is 13.8 Å². The van der Waals surface area contributed by atoms with Gasteiger partial charge in [0.05, 0.1) is 6.54 Å². The van der Waals surface area contributed by atoms with Crippen molar-refractivity contribution >= 4 is 10.1 Å². The number of benzene rings is 3. The molecule has 0 atom stereocenters. The van der Waals surface area contributed by atoms with Crippen molar-refractivity contribution in [2.75, 3.05) is 0 Å². The molecule has 200 valence electrons. The van der Waals surface area contributed by atoms with Gasteiger partial charge in [0.15, 0.2) is 0 Å². The highest BCUT2D eigenvalue weighted by Crippen LogP contribution is 2.33. The second-order valence-electron chi connectivity index (χ2n) is 8.33. The molecule has 1 aromatic heterocycles. The van der Waals surface area contributed by atoms with E-state index in [1.165, 1.54) is 18.2 Å². The van der Waals surface area contributed by atoms with Crippen LogP contribution in [0.3, 0.4) is 0 Å². The lowest BCUT2D eigenvalue weighted by molar-refractivity contribution is -0.0500. The zero-order valence-corrected chi connectivity index (χ0v) is 20.9. The van der Waals surface area contributed by atoms with Crippen molar-refractivity contribution in [2.24, 2.45) is 0 Å². The fourth-order valence-corrected chi connectivity index (χ4v) is 4.18. The Morgan fingerprint density at radius 3 is 2.24 bits per heavy atom. The second kappa shape index (κ2) is 10.2. The molecule has 4 rings (SSSR count). The van der Waals surface area contributed by atoms with Crippen LogP contribution in [0.1, 0.15) is 22.3 Å². The van der Waals surface area contributed by atoms with Crippen molar-refractivity contribution < 1.29 is 35.0 Å². The molecule has 0 aliphatic rings. The molecular weight excluding hydrogens is 529 g/mol. The fraction of sp³-hybridized carbons (Fsp3) is 0.200. The zero-order chi connectivity index (χ0) is 27.7. The Bertz CT molecular complexity index is 1690. The predicted molar refractivity (Wildman–Crippen MR) is 130 cm³/mol. The number of H-pyrrole nitrogens is 1. The zero-order valence-electron chi connectivity index (χ0n) is 20.0. The minimum Gasteiger partial charge on any atom is -0.489 e. The van der Waals surface area contributed by atoms with Crippen molar-refractivity contribution in [2.45, 2.75) is 32.5 Å². The lowest BCUT2D eigenvalue weighted by atomic mass is 9.94. The van der Waals surface area contributed by atoms with Gasteiger partial charge in [-0.05, 0) is 71.5 Å². The molecule has 4 aromatic rings. The highest BCUT2D eigenvalue weighted by Gasteiger charge is 2.48. The number of nitrogens with one attached hydrogen (secondary N) is 1. The molecule has 0 aliphatic carbocycles. The van der Waals surface area contributed by atoms with E-state index in [1.54, 1.807) is 31.2 Å². The molecule has 0 bridgehead atoms. The first-order valence-corrected chi connectivity index (χ1v) is 12.5. The molecule has 0 amide bonds. The molecule has 1 heterocycles. The first-order valence-electron chi connectivity index (χ1n) is 11.1. The van der Waals surface area contributed by atoms with E-state index in [2.05, 4.69) is 4.18 Å². The van der Waals surface area contributed by atoms with E-state index in [9.17, 15) is 31.2 Å². The third kappa shape index (κ3) is 5.83. The van der Waals surface area contributed by atoms with Gasteiger partial charge < -0.3 is 13.4 Å². The van der Waals surface area contributed by atoms with E-state index in [1.807, 2.05) is 30.1 Å². The van der Waals surface area contributed by atoms with Crippen LogP contribution in [0.25, 0.3) is 11.1 Å². The molecule has 0 spiro atoms. The molecular formula is C25H21F3N2O7S. The second-order valence-corrected chi connectivity index (χ2v) is 9.87. The largest absolute Gasteiger partial charge is 0.534 e. The van der Waals surface area contributed by atoms with Crippen LogP contribution in [0.15, 0.2) is 74.8 Å². The Labute approximate surface area is 214 Å². The van der Waals surface area contributed by atoms with Gasteiger partial charge in [-0.25, -0.2) is 14.6 Å². The van der Waals surface area contributed by atoms with Crippen molar-refractivity contribution in [3.05, 3.63) is 104 Å². The minimum atomic E-state index is -5.76. The van der Waals surface area contributed by atoms with Crippen LogP contribution < -0.4 is 20.4 Å². The van der Waals surface area contributed by atoms with E-state index in [0.717, 1.165) is 21.4 Å². The Balaban J connectivity index is 1.47. The quantitative estimate of drug-likeness (QED) is 0.257. The van der Waals surface area contributed by atoms with Crippen LogP contribution >= 0.6 is 0 Å². The lowest BCUT2D eigenvalue weighted by Crippen LogP contribution is -2.28. The molecule has 1 N–H and O–H groups in total. The maximum atomic E-state index is 12.6. The van der Waals surface area contributed by atoms with E-state index in [4.69, 9.17) is 9.26 Å². The lowest BCUT2D eigenvalue weighted by Gasteiger charge is -2.16. The summed E-state index contributed by atoms with van der Waals surface area (Å²) in [5.74, 6) is -0.709. The van der Waals surface area contributed by atoms with Gasteiger partial charge in [-0.15, -0.1) is 4.74 Å². The van der Waals surface area contributed by atoms with E-state index in [-0.39, 0.29) is 13.2 Å². The van der Waals surface area contributed by atoms with Gasteiger partial charge in [0.1, 0.15) is 18.1 Å². The van der Waals surface area contributed by atoms with Gasteiger partial charge in [-0.3, -0.25) is 0 Å². The maximum Gasteiger partial charge on any atom is 0.534 e. The van der Waals surface area contributed by atoms with Gasteiger partial charge in [0.2, 0.25) is 0 Å². The van der Waals surface area contributed by atoms with Gasteiger partial charge in [-0.2, -0.15) is 21.6 Å². The Hall–Kier alpha value is -4.26. The molecule has 3 aromatic carbocycles. The Kier molecular flexibility index (Phi) is 7.22. The molecule has 0 unspecified atom stereocenters.